The molecule has 0 radical (unpaired) electrons. The minimum absolute atomic E-state index is 0.0962. The van der Waals surface area contributed by atoms with Crippen molar-refractivity contribution in [1.82, 2.24) is 0 Å². The molecule has 2 nitrogen and oxygen atoms in total. The number of benzene rings is 2. The van der Waals surface area contributed by atoms with Crippen LogP contribution in [0.25, 0.3) is 0 Å². The molecule has 2 N–H and O–H groups in total. The first kappa shape index (κ1) is 14.0. The van der Waals surface area contributed by atoms with Gasteiger partial charge < -0.3 is 10.5 Å². The molecule has 1 aliphatic rings. The standard InChI is InChI=1S/C17H17F2NO/c18-15-7-12(9-20)8-16(19)17(15)21-10-11-4-5-13-2-1-3-14(13)6-11/h4-8H,1-3,9-10,20H2. The summed E-state index contributed by atoms with van der Waals surface area (Å²) in [5.41, 5.74) is 9.40. The summed E-state index contributed by atoms with van der Waals surface area (Å²) in [6.45, 7) is 0.252. The van der Waals surface area contributed by atoms with E-state index < -0.39 is 11.6 Å². The number of nitrogens with two attached hydrogens (primary N) is 1. The number of fused-ring (bicyclic) bond motifs is 1. The Labute approximate surface area is 122 Å². The van der Waals surface area contributed by atoms with Crippen LogP contribution >= 0.6 is 0 Å². The molecule has 1 aliphatic carbocycles. The van der Waals surface area contributed by atoms with Crippen molar-refractivity contribution in [3.05, 3.63) is 64.2 Å². The van der Waals surface area contributed by atoms with Gasteiger partial charge in [-0.25, -0.2) is 8.78 Å². The van der Waals surface area contributed by atoms with Gasteiger partial charge in [0.2, 0.25) is 0 Å². The van der Waals surface area contributed by atoms with Crippen molar-refractivity contribution in [3.8, 4) is 5.75 Å². The lowest BCUT2D eigenvalue weighted by Gasteiger charge is -2.11. The summed E-state index contributed by atoms with van der Waals surface area (Å²) in [7, 11) is 0. The second-order valence-corrected chi connectivity index (χ2v) is 5.34. The first-order valence-electron chi connectivity index (χ1n) is 7.09. The number of rotatable bonds is 4. The van der Waals surface area contributed by atoms with E-state index in [1.165, 1.54) is 29.7 Å². The molecule has 0 fully saturated rings. The molecule has 3 rings (SSSR count). The van der Waals surface area contributed by atoms with Crippen LogP contribution in [0.5, 0.6) is 5.75 Å². The van der Waals surface area contributed by atoms with Crippen molar-refractivity contribution >= 4 is 0 Å². The molecular weight excluding hydrogens is 272 g/mol. The summed E-state index contributed by atoms with van der Waals surface area (Å²) < 4.78 is 32.9. The molecule has 0 amide bonds. The third-order valence-corrected chi connectivity index (χ3v) is 3.84. The van der Waals surface area contributed by atoms with E-state index >= 15 is 0 Å². The monoisotopic (exact) mass is 289 g/mol. The maximum absolute atomic E-state index is 13.8. The summed E-state index contributed by atoms with van der Waals surface area (Å²) in [5.74, 6) is -1.76. The highest BCUT2D eigenvalue weighted by atomic mass is 19.1. The van der Waals surface area contributed by atoms with Crippen LogP contribution in [0.3, 0.4) is 0 Å². The Balaban J connectivity index is 1.76. The molecule has 110 valence electrons. The van der Waals surface area contributed by atoms with Gasteiger partial charge in [-0.2, -0.15) is 0 Å². The van der Waals surface area contributed by atoms with E-state index in [9.17, 15) is 8.78 Å². The Bertz CT molecular complexity index is 647. The van der Waals surface area contributed by atoms with Crippen molar-refractivity contribution in [2.45, 2.75) is 32.4 Å². The second kappa shape index (κ2) is 5.82. The topological polar surface area (TPSA) is 35.2 Å². The zero-order valence-electron chi connectivity index (χ0n) is 11.7. The van der Waals surface area contributed by atoms with Crippen molar-refractivity contribution in [3.63, 3.8) is 0 Å². The zero-order chi connectivity index (χ0) is 14.8. The van der Waals surface area contributed by atoms with Crippen molar-refractivity contribution in [2.24, 2.45) is 5.73 Å². The van der Waals surface area contributed by atoms with Crippen LogP contribution in [0.1, 0.15) is 28.7 Å². The lowest BCUT2D eigenvalue weighted by molar-refractivity contribution is 0.273. The Kier molecular flexibility index (Phi) is 3.88. The normalized spacial score (nSPS) is 13.3. The molecule has 21 heavy (non-hydrogen) atoms. The quantitative estimate of drug-likeness (QED) is 0.935. The average molecular weight is 289 g/mol. The Morgan fingerprint density at radius 2 is 1.67 bits per heavy atom. The summed E-state index contributed by atoms with van der Waals surface area (Å²) in [6, 6.07) is 8.51. The van der Waals surface area contributed by atoms with Crippen LogP contribution in [-0.2, 0) is 26.0 Å². The van der Waals surface area contributed by atoms with Crippen molar-refractivity contribution in [2.75, 3.05) is 0 Å². The van der Waals surface area contributed by atoms with E-state index in [1.807, 2.05) is 6.07 Å². The van der Waals surface area contributed by atoms with E-state index in [4.69, 9.17) is 10.5 Å². The molecule has 2 aromatic carbocycles. The third-order valence-electron chi connectivity index (χ3n) is 3.84. The molecule has 0 saturated carbocycles. The van der Waals surface area contributed by atoms with E-state index in [-0.39, 0.29) is 18.9 Å². The van der Waals surface area contributed by atoms with Crippen molar-refractivity contribution < 1.29 is 13.5 Å². The minimum atomic E-state index is -0.711. The summed E-state index contributed by atoms with van der Waals surface area (Å²) >= 11 is 0. The number of hydrogen-bond acceptors (Lipinski definition) is 2. The van der Waals surface area contributed by atoms with Gasteiger partial charge in [0.15, 0.2) is 17.4 Å². The Morgan fingerprint density at radius 1 is 0.952 bits per heavy atom. The predicted octanol–water partition coefficient (Wildman–Crippen LogP) is 3.49. The first-order chi connectivity index (χ1) is 10.2. The van der Waals surface area contributed by atoms with E-state index in [0.717, 1.165) is 18.4 Å². The molecule has 0 unspecified atom stereocenters. The maximum atomic E-state index is 13.8. The van der Waals surface area contributed by atoms with Gasteiger partial charge in [-0.15, -0.1) is 0 Å². The molecule has 0 aromatic heterocycles. The van der Waals surface area contributed by atoms with E-state index in [1.54, 1.807) is 0 Å². The molecule has 0 bridgehead atoms. The molecule has 0 saturated heterocycles. The lowest BCUT2D eigenvalue weighted by Crippen LogP contribution is -2.03. The molecule has 4 heteroatoms. The van der Waals surface area contributed by atoms with Gasteiger partial charge >= 0.3 is 0 Å². The summed E-state index contributed by atoms with van der Waals surface area (Å²) in [6.07, 6.45) is 3.35. The number of hydrogen-bond donors (Lipinski definition) is 1. The fourth-order valence-electron chi connectivity index (χ4n) is 2.74. The van der Waals surface area contributed by atoms with Gasteiger partial charge in [0.05, 0.1) is 0 Å². The van der Waals surface area contributed by atoms with Crippen LogP contribution in [-0.4, -0.2) is 0 Å². The maximum Gasteiger partial charge on any atom is 0.191 e. The van der Waals surface area contributed by atoms with Crippen LogP contribution in [0.15, 0.2) is 30.3 Å². The fourth-order valence-corrected chi connectivity index (χ4v) is 2.74. The largest absolute Gasteiger partial charge is 0.483 e. The molecular formula is C17H17F2NO. The predicted molar refractivity (Wildman–Crippen MR) is 77.0 cm³/mol. The van der Waals surface area contributed by atoms with Gasteiger partial charge in [0, 0.05) is 6.54 Å². The number of ether oxygens (including phenoxy) is 1. The molecule has 2 aromatic rings. The Morgan fingerprint density at radius 3 is 2.38 bits per heavy atom. The van der Waals surface area contributed by atoms with Crippen LogP contribution in [0, 0.1) is 11.6 Å². The van der Waals surface area contributed by atoms with Gasteiger partial charge in [0.1, 0.15) is 6.61 Å². The Hall–Kier alpha value is -1.94. The zero-order valence-corrected chi connectivity index (χ0v) is 11.7. The van der Waals surface area contributed by atoms with E-state index in [2.05, 4.69) is 12.1 Å². The molecule has 0 spiro atoms. The van der Waals surface area contributed by atoms with Gasteiger partial charge in [-0.1, -0.05) is 18.2 Å². The smallest absolute Gasteiger partial charge is 0.191 e. The lowest BCUT2D eigenvalue weighted by atomic mass is 10.1. The average Bonchev–Trinajstić information content (AvgIpc) is 2.93. The highest BCUT2D eigenvalue weighted by Crippen LogP contribution is 2.26. The van der Waals surface area contributed by atoms with Gasteiger partial charge in [-0.3, -0.25) is 0 Å². The van der Waals surface area contributed by atoms with Gasteiger partial charge in [-0.05, 0) is 53.6 Å². The number of halogens is 2. The number of aryl methyl sites for hydroxylation is 2. The second-order valence-electron chi connectivity index (χ2n) is 5.34. The fraction of sp³-hybridized carbons (Fsp3) is 0.294. The van der Waals surface area contributed by atoms with Crippen LogP contribution < -0.4 is 10.5 Å². The van der Waals surface area contributed by atoms with E-state index in [0.29, 0.717) is 5.56 Å². The molecule has 0 atom stereocenters. The SMILES string of the molecule is NCc1cc(F)c(OCc2ccc3c(c2)CCC3)c(F)c1. The third kappa shape index (κ3) is 2.90. The highest BCUT2D eigenvalue weighted by Gasteiger charge is 2.14. The van der Waals surface area contributed by atoms with Crippen LogP contribution in [0.2, 0.25) is 0 Å². The molecule has 0 heterocycles. The minimum Gasteiger partial charge on any atom is -0.483 e. The van der Waals surface area contributed by atoms with Gasteiger partial charge in [0.25, 0.3) is 0 Å². The summed E-state index contributed by atoms with van der Waals surface area (Å²) in [4.78, 5) is 0. The first-order valence-corrected chi connectivity index (χ1v) is 7.09. The van der Waals surface area contributed by atoms with Crippen LogP contribution in [0.4, 0.5) is 8.78 Å². The molecule has 0 aliphatic heterocycles. The highest BCUT2D eigenvalue weighted by molar-refractivity contribution is 5.36. The van der Waals surface area contributed by atoms with Crippen molar-refractivity contribution in [1.29, 1.82) is 0 Å². The summed E-state index contributed by atoms with van der Waals surface area (Å²) in [5, 5.41) is 0.